The molecular weight excluding hydrogens is 302 g/mol. The molecule has 22 heavy (non-hydrogen) atoms. The number of aromatic nitrogens is 1. The highest BCUT2D eigenvalue weighted by atomic mass is 32.2. The lowest BCUT2D eigenvalue weighted by molar-refractivity contribution is 0.118. The molecule has 3 heterocycles. The van der Waals surface area contributed by atoms with Crippen molar-refractivity contribution >= 4 is 10.0 Å². The zero-order valence-electron chi connectivity index (χ0n) is 13.4. The number of nitrogens with zero attached hydrogens (tertiary/aromatic N) is 3. The van der Waals surface area contributed by atoms with Crippen molar-refractivity contribution in [2.75, 3.05) is 26.2 Å². The monoisotopic (exact) mass is 327 g/mol. The molecule has 1 aromatic rings. The van der Waals surface area contributed by atoms with Crippen LogP contribution in [0.4, 0.5) is 0 Å². The fourth-order valence-corrected chi connectivity index (χ4v) is 5.46. The molecule has 0 atom stereocenters. The van der Waals surface area contributed by atoms with Gasteiger partial charge in [-0.2, -0.15) is 4.31 Å². The minimum Gasteiger partial charge on any atom is -0.360 e. The molecule has 7 heteroatoms. The van der Waals surface area contributed by atoms with Crippen molar-refractivity contribution in [1.82, 2.24) is 14.4 Å². The highest BCUT2D eigenvalue weighted by Gasteiger charge is 2.35. The average Bonchev–Trinajstić information content (AvgIpc) is 2.88. The van der Waals surface area contributed by atoms with Gasteiger partial charge in [0.05, 0.1) is 0 Å². The molecule has 0 aromatic carbocycles. The van der Waals surface area contributed by atoms with Crippen LogP contribution in [0.3, 0.4) is 0 Å². The van der Waals surface area contributed by atoms with Gasteiger partial charge >= 0.3 is 0 Å². The molecule has 124 valence electrons. The molecule has 0 unspecified atom stereocenters. The quantitative estimate of drug-likeness (QED) is 0.848. The van der Waals surface area contributed by atoms with Crippen LogP contribution in [0.15, 0.2) is 9.42 Å². The molecular formula is C15H25N3O3S. The third-order valence-corrected chi connectivity index (χ3v) is 7.04. The van der Waals surface area contributed by atoms with Crippen molar-refractivity contribution in [2.45, 2.75) is 56.9 Å². The minimum atomic E-state index is -3.48. The van der Waals surface area contributed by atoms with Gasteiger partial charge in [0.25, 0.3) is 0 Å². The van der Waals surface area contributed by atoms with E-state index >= 15 is 0 Å². The lowest BCUT2D eigenvalue weighted by atomic mass is 10.0. The molecule has 2 saturated heterocycles. The fraction of sp³-hybridized carbons (Fsp3) is 0.800. The van der Waals surface area contributed by atoms with Crippen molar-refractivity contribution < 1.29 is 12.9 Å². The van der Waals surface area contributed by atoms with Crippen molar-refractivity contribution in [2.24, 2.45) is 0 Å². The van der Waals surface area contributed by atoms with Crippen LogP contribution in [0, 0.1) is 13.8 Å². The van der Waals surface area contributed by atoms with Crippen LogP contribution < -0.4 is 0 Å². The third kappa shape index (κ3) is 2.94. The first-order valence-electron chi connectivity index (χ1n) is 8.17. The highest BCUT2D eigenvalue weighted by Crippen LogP contribution is 2.28. The van der Waals surface area contributed by atoms with E-state index in [1.165, 1.54) is 32.4 Å². The first-order chi connectivity index (χ1) is 10.5. The number of piperidine rings is 2. The topological polar surface area (TPSA) is 66.7 Å². The maximum Gasteiger partial charge on any atom is 0.248 e. The lowest BCUT2D eigenvalue weighted by Gasteiger charge is -2.39. The Balaban J connectivity index is 1.68. The molecule has 0 radical (unpaired) electrons. The Labute approximate surface area is 132 Å². The summed E-state index contributed by atoms with van der Waals surface area (Å²) < 4.78 is 32.2. The molecule has 0 N–H and O–H groups in total. The predicted octanol–water partition coefficient (Wildman–Crippen LogP) is 1.93. The van der Waals surface area contributed by atoms with Crippen molar-refractivity contribution in [3.8, 4) is 0 Å². The molecule has 3 rings (SSSR count). The van der Waals surface area contributed by atoms with Gasteiger partial charge in [0.2, 0.25) is 10.0 Å². The van der Waals surface area contributed by atoms with Crippen molar-refractivity contribution in [3.05, 3.63) is 11.5 Å². The average molecular weight is 327 g/mol. The normalized spacial score (nSPS) is 23.0. The summed E-state index contributed by atoms with van der Waals surface area (Å²) in [4.78, 5) is 2.80. The molecule has 2 aliphatic rings. The van der Waals surface area contributed by atoms with Crippen LogP contribution in [0.25, 0.3) is 0 Å². The summed E-state index contributed by atoms with van der Waals surface area (Å²) in [5.41, 5.74) is 0.454. The number of sulfonamides is 1. The number of hydrogen-bond acceptors (Lipinski definition) is 5. The van der Waals surface area contributed by atoms with E-state index in [-0.39, 0.29) is 4.90 Å². The van der Waals surface area contributed by atoms with E-state index in [9.17, 15) is 8.42 Å². The standard InChI is InChI=1S/C15H25N3O3S/c1-12-15(13(2)21-16-12)22(19,20)18-10-6-14(7-11-18)17-8-4-3-5-9-17/h14H,3-11H2,1-2H3. The molecule has 0 aliphatic carbocycles. The summed E-state index contributed by atoms with van der Waals surface area (Å²) in [7, 11) is -3.48. The van der Waals surface area contributed by atoms with Crippen LogP contribution in [-0.4, -0.2) is 55.0 Å². The van der Waals surface area contributed by atoms with Crippen LogP contribution in [0.5, 0.6) is 0 Å². The first kappa shape index (κ1) is 16.0. The Morgan fingerprint density at radius 3 is 2.23 bits per heavy atom. The first-order valence-corrected chi connectivity index (χ1v) is 9.61. The summed E-state index contributed by atoms with van der Waals surface area (Å²) in [6, 6.07) is 0.538. The molecule has 0 bridgehead atoms. The molecule has 6 nitrogen and oxygen atoms in total. The minimum absolute atomic E-state index is 0.254. The Kier molecular flexibility index (Phi) is 4.56. The second kappa shape index (κ2) is 6.29. The summed E-state index contributed by atoms with van der Waals surface area (Å²) in [6.45, 7) is 6.86. The highest BCUT2D eigenvalue weighted by molar-refractivity contribution is 7.89. The summed E-state index contributed by atoms with van der Waals surface area (Å²) in [5, 5.41) is 3.78. The Morgan fingerprint density at radius 1 is 1.05 bits per heavy atom. The van der Waals surface area contributed by atoms with Gasteiger partial charge in [-0.05, 0) is 52.6 Å². The second-order valence-corrected chi connectivity index (χ2v) is 8.26. The molecule has 0 amide bonds. The summed E-state index contributed by atoms with van der Waals surface area (Å²) >= 11 is 0. The van der Waals surface area contributed by atoms with Gasteiger partial charge in [0.15, 0.2) is 5.76 Å². The molecule has 0 spiro atoms. The smallest absolute Gasteiger partial charge is 0.248 e. The van der Waals surface area contributed by atoms with Crippen LogP contribution in [-0.2, 0) is 10.0 Å². The Bertz CT molecular complexity index is 592. The van der Waals surface area contributed by atoms with Gasteiger partial charge in [0, 0.05) is 19.1 Å². The Morgan fingerprint density at radius 2 is 1.68 bits per heavy atom. The lowest BCUT2D eigenvalue weighted by Crippen LogP contribution is -2.48. The van der Waals surface area contributed by atoms with E-state index in [2.05, 4.69) is 10.1 Å². The Hall–Kier alpha value is -0.920. The van der Waals surface area contributed by atoms with E-state index in [0.29, 0.717) is 30.6 Å². The third-order valence-electron chi connectivity index (χ3n) is 4.90. The van der Waals surface area contributed by atoms with E-state index in [1.807, 2.05) is 0 Å². The molecule has 1 aromatic heterocycles. The number of likely N-dealkylation sites (tertiary alicyclic amines) is 1. The van der Waals surface area contributed by atoms with E-state index in [4.69, 9.17) is 4.52 Å². The van der Waals surface area contributed by atoms with E-state index in [0.717, 1.165) is 12.8 Å². The van der Waals surface area contributed by atoms with Gasteiger partial charge in [0.1, 0.15) is 10.6 Å². The zero-order chi connectivity index (χ0) is 15.7. The van der Waals surface area contributed by atoms with Crippen molar-refractivity contribution in [3.63, 3.8) is 0 Å². The van der Waals surface area contributed by atoms with Gasteiger partial charge in [-0.1, -0.05) is 11.6 Å². The van der Waals surface area contributed by atoms with Gasteiger partial charge in [-0.3, -0.25) is 0 Å². The largest absolute Gasteiger partial charge is 0.360 e. The van der Waals surface area contributed by atoms with E-state index in [1.54, 1.807) is 18.2 Å². The number of rotatable bonds is 3. The second-order valence-electron chi connectivity index (χ2n) is 6.39. The molecule has 2 fully saturated rings. The van der Waals surface area contributed by atoms with E-state index < -0.39 is 10.0 Å². The zero-order valence-corrected chi connectivity index (χ0v) is 14.2. The summed E-state index contributed by atoms with van der Waals surface area (Å²) in [5.74, 6) is 0.385. The maximum atomic E-state index is 12.8. The fourth-order valence-electron chi connectivity index (χ4n) is 3.70. The number of aryl methyl sites for hydroxylation is 2. The molecule has 2 aliphatic heterocycles. The van der Waals surface area contributed by atoms with Crippen LogP contribution >= 0.6 is 0 Å². The van der Waals surface area contributed by atoms with Gasteiger partial charge in [-0.25, -0.2) is 8.42 Å². The van der Waals surface area contributed by atoms with Crippen LogP contribution in [0.1, 0.15) is 43.6 Å². The summed E-state index contributed by atoms with van der Waals surface area (Å²) in [6.07, 6.45) is 5.72. The van der Waals surface area contributed by atoms with Gasteiger partial charge in [-0.15, -0.1) is 0 Å². The van der Waals surface area contributed by atoms with Crippen molar-refractivity contribution in [1.29, 1.82) is 0 Å². The number of hydrogen-bond donors (Lipinski definition) is 0. The van der Waals surface area contributed by atoms with Gasteiger partial charge < -0.3 is 9.42 Å². The van der Waals surface area contributed by atoms with Crippen LogP contribution in [0.2, 0.25) is 0 Å². The maximum absolute atomic E-state index is 12.8. The molecule has 0 saturated carbocycles. The SMILES string of the molecule is Cc1noc(C)c1S(=O)(=O)N1CCC(N2CCCCC2)CC1. The predicted molar refractivity (Wildman–Crippen MR) is 83.2 cm³/mol.